The number of aryl methyl sites for hydroxylation is 1. The third-order valence-corrected chi connectivity index (χ3v) is 3.72. The third kappa shape index (κ3) is 4.32. The van der Waals surface area contributed by atoms with Crippen LogP contribution in [0, 0.1) is 0 Å². The molecule has 0 saturated carbocycles. The molecule has 0 spiro atoms. The maximum absolute atomic E-state index is 11.9. The van der Waals surface area contributed by atoms with Gasteiger partial charge in [0.15, 0.2) is 0 Å². The number of hydrogen-bond acceptors (Lipinski definition) is 3. The Balaban J connectivity index is 0.00000176. The van der Waals surface area contributed by atoms with E-state index in [0.29, 0.717) is 12.5 Å². The van der Waals surface area contributed by atoms with Crippen molar-refractivity contribution in [2.45, 2.75) is 25.3 Å². The van der Waals surface area contributed by atoms with Gasteiger partial charge in [-0.1, -0.05) is 18.2 Å². The molecule has 1 atom stereocenters. The van der Waals surface area contributed by atoms with Crippen molar-refractivity contribution in [1.82, 2.24) is 20.4 Å². The number of carbonyl (C=O) groups is 1. The summed E-state index contributed by atoms with van der Waals surface area (Å²) in [6, 6.07) is 10.3. The molecule has 2 aromatic rings. The molecule has 1 aromatic carbocycles. The lowest BCUT2D eigenvalue weighted by Crippen LogP contribution is -2.36. The number of nitrogens with one attached hydrogen (secondary N) is 2. The molecule has 0 aliphatic carbocycles. The Labute approximate surface area is 136 Å². The number of para-hydroxylation sites is 1. The summed E-state index contributed by atoms with van der Waals surface area (Å²) in [6.45, 7) is 1.88. The molecule has 118 valence electrons. The summed E-state index contributed by atoms with van der Waals surface area (Å²) >= 11 is 0. The van der Waals surface area contributed by atoms with Gasteiger partial charge in [-0.25, -0.2) is 4.68 Å². The maximum atomic E-state index is 11.9. The quantitative estimate of drug-likeness (QED) is 0.881. The van der Waals surface area contributed by atoms with Gasteiger partial charge in [0, 0.05) is 25.2 Å². The van der Waals surface area contributed by atoms with Crippen molar-refractivity contribution in [2.75, 3.05) is 13.1 Å². The van der Waals surface area contributed by atoms with Crippen LogP contribution < -0.4 is 10.6 Å². The van der Waals surface area contributed by atoms with E-state index in [1.165, 1.54) is 0 Å². The van der Waals surface area contributed by atoms with Crippen molar-refractivity contribution in [1.29, 1.82) is 0 Å². The van der Waals surface area contributed by atoms with Gasteiger partial charge < -0.3 is 10.6 Å². The molecule has 0 radical (unpaired) electrons. The minimum Gasteiger partial charge on any atom is -0.352 e. The van der Waals surface area contributed by atoms with Crippen molar-refractivity contribution in [2.24, 2.45) is 0 Å². The van der Waals surface area contributed by atoms with Gasteiger partial charge in [-0.05, 0) is 37.1 Å². The minimum absolute atomic E-state index is 0. The predicted molar refractivity (Wildman–Crippen MR) is 88.6 cm³/mol. The Bertz CT molecular complexity index is 593. The summed E-state index contributed by atoms with van der Waals surface area (Å²) in [5.41, 5.74) is 2.11. The summed E-state index contributed by atoms with van der Waals surface area (Å²) in [5, 5.41) is 10.6. The standard InChI is InChI=1S/C16H20N4O.ClH/c21-16(19-14-8-9-17-11-14)7-6-13-10-18-20(12-13)15-4-2-1-3-5-15;/h1-5,10,12,14,17H,6-9,11H2,(H,19,21);1H. The van der Waals surface area contributed by atoms with Crippen molar-refractivity contribution in [3.63, 3.8) is 0 Å². The number of benzene rings is 1. The van der Waals surface area contributed by atoms with E-state index in [4.69, 9.17) is 0 Å². The Morgan fingerprint density at radius 1 is 1.36 bits per heavy atom. The van der Waals surface area contributed by atoms with Gasteiger partial charge in [-0.2, -0.15) is 5.10 Å². The van der Waals surface area contributed by atoms with Gasteiger partial charge in [-0.15, -0.1) is 12.4 Å². The van der Waals surface area contributed by atoms with Gasteiger partial charge in [0.25, 0.3) is 0 Å². The number of aromatic nitrogens is 2. The second kappa shape index (κ2) is 7.96. The molecule has 3 rings (SSSR count). The fraction of sp³-hybridized carbons (Fsp3) is 0.375. The van der Waals surface area contributed by atoms with Crippen LogP contribution in [0.25, 0.3) is 5.69 Å². The zero-order valence-electron chi connectivity index (χ0n) is 12.4. The highest BCUT2D eigenvalue weighted by Crippen LogP contribution is 2.09. The predicted octanol–water partition coefficient (Wildman–Crippen LogP) is 1.70. The van der Waals surface area contributed by atoms with Crippen LogP contribution in [0.2, 0.25) is 0 Å². The molecule has 1 aromatic heterocycles. The van der Waals surface area contributed by atoms with E-state index in [1.54, 1.807) is 0 Å². The maximum Gasteiger partial charge on any atom is 0.220 e. The van der Waals surface area contributed by atoms with Gasteiger partial charge >= 0.3 is 0 Å². The lowest BCUT2D eigenvalue weighted by atomic mass is 10.2. The first-order chi connectivity index (χ1) is 10.3. The van der Waals surface area contributed by atoms with Gasteiger partial charge in [-0.3, -0.25) is 4.79 Å². The Kier molecular flexibility index (Phi) is 5.98. The van der Waals surface area contributed by atoms with E-state index in [9.17, 15) is 4.79 Å². The Morgan fingerprint density at radius 3 is 2.91 bits per heavy atom. The summed E-state index contributed by atoms with van der Waals surface area (Å²) in [5.74, 6) is 0.121. The first-order valence-corrected chi connectivity index (χ1v) is 7.40. The van der Waals surface area contributed by atoms with E-state index in [2.05, 4.69) is 15.7 Å². The van der Waals surface area contributed by atoms with Crippen LogP contribution >= 0.6 is 12.4 Å². The smallest absolute Gasteiger partial charge is 0.220 e. The topological polar surface area (TPSA) is 59.0 Å². The molecular weight excluding hydrogens is 300 g/mol. The van der Waals surface area contributed by atoms with Crippen LogP contribution in [0.4, 0.5) is 0 Å². The van der Waals surface area contributed by atoms with Gasteiger partial charge in [0.05, 0.1) is 11.9 Å². The molecule has 22 heavy (non-hydrogen) atoms. The van der Waals surface area contributed by atoms with Crippen molar-refractivity contribution in [3.05, 3.63) is 48.3 Å². The van der Waals surface area contributed by atoms with Crippen LogP contribution in [0.3, 0.4) is 0 Å². The normalized spacial score (nSPS) is 17.0. The SMILES string of the molecule is Cl.O=C(CCc1cnn(-c2ccccc2)c1)NC1CCNC1. The molecule has 2 heterocycles. The van der Waals surface area contributed by atoms with E-state index in [0.717, 1.165) is 37.2 Å². The van der Waals surface area contributed by atoms with E-state index < -0.39 is 0 Å². The molecular formula is C16H21ClN4O. The number of amides is 1. The van der Waals surface area contributed by atoms with Gasteiger partial charge in [0.2, 0.25) is 5.91 Å². The molecule has 0 bridgehead atoms. The number of nitrogens with zero attached hydrogens (tertiary/aromatic N) is 2. The highest BCUT2D eigenvalue weighted by Gasteiger charge is 2.16. The molecule has 1 saturated heterocycles. The largest absolute Gasteiger partial charge is 0.352 e. The Hall–Kier alpha value is -1.85. The van der Waals surface area contributed by atoms with Crippen LogP contribution in [0.5, 0.6) is 0 Å². The van der Waals surface area contributed by atoms with Crippen molar-refractivity contribution >= 4 is 18.3 Å². The van der Waals surface area contributed by atoms with Crippen molar-refractivity contribution in [3.8, 4) is 5.69 Å². The Morgan fingerprint density at radius 2 is 2.18 bits per heavy atom. The van der Waals surface area contributed by atoms with Crippen LogP contribution in [-0.2, 0) is 11.2 Å². The fourth-order valence-electron chi connectivity index (χ4n) is 2.55. The molecule has 1 unspecified atom stereocenters. The number of carbonyl (C=O) groups excluding carboxylic acids is 1. The highest BCUT2D eigenvalue weighted by molar-refractivity contribution is 5.85. The summed E-state index contributed by atoms with van der Waals surface area (Å²) < 4.78 is 1.84. The van der Waals surface area contributed by atoms with Crippen molar-refractivity contribution < 1.29 is 4.79 Å². The zero-order valence-corrected chi connectivity index (χ0v) is 13.2. The lowest BCUT2D eigenvalue weighted by Gasteiger charge is -2.10. The number of halogens is 1. The first kappa shape index (κ1) is 16.5. The van der Waals surface area contributed by atoms with E-state index >= 15 is 0 Å². The zero-order chi connectivity index (χ0) is 14.5. The number of rotatable bonds is 5. The average molecular weight is 321 g/mol. The molecule has 1 aliphatic heterocycles. The molecule has 1 amide bonds. The van der Waals surface area contributed by atoms with Crippen LogP contribution in [0.1, 0.15) is 18.4 Å². The number of hydrogen-bond donors (Lipinski definition) is 2. The van der Waals surface area contributed by atoms with Crippen LogP contribution in [-0.4, -0.2) is 34.8 Å². The summed E-state index contributed by atoms with van der Waals surface area (Å²) in [7, 11) is 0. The molecule has 1 aliphatic rings. The van der Waals surface area contributed by atoms with Gasteiger partial charge in [0.1, 0.15) is 0 Å². The molecule has 6 heteroatoms. The third-order valence-electron chi connectivity index (χ3n) is 3.72. The first-order valence-electron chi connectivity index (χ1n) is 7.40. The highest BCUT2D eigenvalue weighted by atomic mass is 35.5. The second-order valence-corrected chi connectivity index (χ2v) is 5.39. The summed E-state index contributed by atoms with van der Waals surface area (Å²) in [4.78, 5) is 11.9. The van der Waals surface area contributed by atoms with E-state index in [1.807, 2.05) is 47.4 Å². The second-order valence-electron chi connectivity index (χ2n) is 5.39. The molecule has 5 nitrogen and oxygen atoms in total. The monoisotopic (exact) mass is 320 g/mol. The fourth-order valence-corrected chi connectivity index (χ4v) is 2.55. The van der Waals surface area contributed by atoms with Crippen LogP contribution in [0.15, 0.2) is 42.7 Å². The molecule has 1 fully saturated rings. The average Bonchev–Trinajstić information content (AvgIpc) is 3.17. The lowest BCUT2D eigenvalue weighted by molar-refractivity contribution is -0.121. The van der Waals surface area contributed by atoms with E-state index in [-0.39, 0.29) is 18.3 Å². The summed E-state index contributed by atoms with van der Waals surface area (Å²) in [6.07, 6.45) is 6.07. The minimum atomic E-state index is 0. The molecule has 2 N–H and O–H groups in total.